The van der Waals surface area contributed by atoms with E-state index in [1.54, 1.807) is 0 Å². The Morgan fingerprint density at radius 2 is 1.93 bits per heavy atom. The van der Waals surface area contributed by atoms with Crippen molar-refractivity contribution in [2.45, 2.75) is 90.3 Å². The molecule has 158 valence electrons. The highest BCUT2D eigenvalue weighted by Gasteiger charge is 2.26. The maximum Gasteiger partial charge on any atom is 0.223 e. The predicted octanol–water partition coefficient (Wildman–Crippen LogP) is 6.82. The predicted molar refractivity (Wildman–Crippen MR) is 121 cm³/mol. The number of hydrogen-bond donors (Lipinski definition) is 0. The summed E-state index contributed by atoms with van der Waals surface area (Å²) >= 11 is 6.16. The van der Waals surface area contributed by atoms with Crippen LogP contribution in [0.25, 0.3) is 0 Å². The molecule has 1 saturated carbocycles. The van der Waals surface area contributed by atoms with Gasteiger partial charge in [0.1, 0.15) is 0 Å². The van der Waals surface area contributed by atoms with Crippen molar-refractivity contribution in [3.05, 3.63) is 58.9 Å². The zero-order valence-corrected chi connectivity index (χ0v) is 18.5. The standard InChI is InChI=1S/C25H35ClN2O/c1-2-3-4-8-16-25(29)28(23-13-6-5-7-14-23)20-24-15-10-17-27(24)19-21-11-9-12-22(26)18-21/h9-12,15,17-18,23H,2-8,13-14,16,19-20H2,1H3. The minimum absolute atomic E-state index is 0.337. The van der Waals surface area contributed by atoms with Gasteiger partial charge in [-0.05, 0) is 49.1 Å². The van der Waals surface area contributed by atoms with Gasteiger partial charge in [-0.2, -0.15) is 0 Å². The molecule has 0 spiro atoms. The van der Waals surface area contributed by atoms with E-state index in [0.717, 1.165) is 37.3 Å². The lowest BCUT2D eigenvalue weighted by Gasteiger charge is -2.35. The molecule has 1 amide bonds. The fourth-order valence-electron chi connectivity index (χ4n) is 4.41. The number of aromatic nitrogens is 1. The smallest absolute Gasteiger partial charge is 0.223 e. The van der Waals surface area contributed by atoms with Crippen LogP contribution in [-0.4, -0.2) is 21.4 Å². The van der Waals surface area contributed by atoms with Crippen LogP contribution < -0.4 is 0 Å². The number of carbonyl (C=O) groups excluding carboxylic acids is 1. The number of nitrogens with zero attached hydrogens (tertiary/aromatic N) is 2. The third kappa shape index (κ3) is 6.64. The van der Waals surface area contributed by atoms with Crippen LogP contribution in [0, 0.1) is 0 Å². The van der Waals surface area contributed by atoms with Crippen LogP contribution in [0.1, 0.15) is 82.4 Å². The van der Waals surface area contributed by atoms with Gasteiger partial charge in [-0.25, -0.2) is 0 Å². The fraction of sp³-hybridized carbons (Fsp3) is 0.560. The number of carbonyl (C=O) groups is 1. The monoisotopic (exact) mass is 414 g/mol. The van der Waals surface area contributed by atoms with Crippen molar-refractivity contribution in [2.24, 2.45) is 0 Å². The fourth-order valence-corrected chi connectivity index (χ4v) is 4.63. The minimum atomic E-state index is 0.337. The molecule has 1 aliphatic rings. The minimum Gasteiger partial charge on any atom is -0.345 e. The van der Waals surface area contributed by atoms with E-state index in [-0.39, 0.29) is 0 Å². The molecule has 0 bridgehead atoms. The maximum atomic E-state index is 13.1. The zero-order chi connectivity index (χ0) is 20.5. The lowest BCUT2D eigenvalue weighted by Crippen LogP contribution is -2.41. The van der Waals surface area contributed by atoms with Crippen molar-refractivity contribution in [1.29, 1.82) is 0 Å². The van der Waals surface area contributed by atoms with Crippen LogP contribution in [0.5, 0.6) is 0 Å². The molecular weight excluding hydrogens is 380 g/mol. The Morgan fingerprint density at radius 1 is 1.10 bits per heavy atom. The summed E-state index contributed by atoms with van der Waals surface area (Å²) in [5.41, 5.74) is 2.39. The molecule has 0 atom stereocenters. The Hall–Kier alpha value is -1.74. The molecule has 1 fully saturated rings. The van der Waals surface area contributed by atoms with Crippen LogP contribution >= 0.6 is 11.6 Å². The Balaban J connectivity index is 1.70. The molecule has 3 nitrogen and oxygen atoms in total. The third-order valence-electron chi connectivity index (χ3n) is 6.08. The Kier molecular flexibility index (Phi) is 8.67. The Bertz CT molecular complexity index is 764. The average molecular weight is 415 g/mol. The molecule has 4 heteroatoms. The van der Waals surface area contributed by atoms with Gasteiger partial charge in [0.25, 0.3) is 0 Å². The molecule has 1 heterocycles. The molecule has 3 rings (SSSR count). The van der Waals surface area contributed by atoms with E-state index in [1.165, 1.54) is 43.4 Å². The van der Waals surface area contributed by atoms with E-state index in [9.17, 15) is 4.79 Å². The molecule has 0 unspecified atom stereocenters. The first-order valence-corrected chi connectivity index (χ1v) is 11.7. The summed E-state index contributed by atoms with van der Waals surface area (Å²) in [6.45, 7) is 3.71. The number of benzene rings is 1. The number of rotatable bonds is 10. The number of unbranched alkanes of at least 4 members (excludes halogenated alkanes) is 3. The molecule has 1 aromatic heterocycles. The third-order valence-corrected chi connectivity index (χ3v) is 6.31. The van der Waals surface area contributed by atoms with Crippen LogP contribution in [0.15, 0.2) is 42.6 Å². The van der Waals surface area contributed by atoms with Crippen molar-refractivity contribution in [1.82, 2.24) is 9.47 Å². The second-order valence-corrected chi connectivity index (χ2v) is 8.82. The summed E-state index contributed by atoms with van der Waals surface area (Å²) < 4.78 is 2.26. The molecule has 0 aliphatic heterocycles. The molecule has 0 N–H and O–H groups in total. The SMILES string of the molecule is CCCCCCC(=O)N(Cc1cccn1Cc1cccc(Cl)c1)C1CCCCC1. The summed E-state index contributed by atoms with van der Waals surface area (Å²) in [6.07, 6.45) is 13.5. The highest BCUT2D eigenvalue weighted by Crippen LogP contribution is 2.26. The Morgan fingerprint density at radius 3 is 2.69 bits per heavy atom. The van der Waals surface area contributed by atoms with Crippen molar-refractivity contribution in [3.8, 4) is 0 Å². The first-order chi connectivity index (χ1) is 14.2. The van der Waals surface area contributed by atoms with Crippen LogP contribution in [-0.2, 0) is 17.9 Å². The van der Waals surface area contributed by atoms with Gasteiger partial charge in [-0.15, -0.1) is 0 Å². The first kappa shape index (κ1) is 22.0. The summed E-state index contributed by atoms with van der Waals surface area (Å²) in [5.74, 6) is 0.337. The van der Waals surface area contributed by atoms with Crippen LogP contribution in [0.4, 0.5) is 0 Å². The second kappa shape index (κ2) is 11.4. The molecule has 0 saturated heterocycles. The van der Waals surface area contributed by atoms with Crippen LogP contribution in [0.2, 0.25) is 5.02 Å². The average Bonchev–Trinajstić information content (AvgIpc) is 3.16. The van der Waals surface area contributed by atoms with E-state index in [1.807, 2.05) is 18.2 Å². The zero-order valence-electron chi connectivity index (χ0n) is 17.8. The van der Waals surface area contributed by atoms with E-state index in [0.29, 0.717) is 24.9 Å². The van der Waals surface area contributed by atoms with Crippen molar-refractivity contribution >= 4 is 17.5 Å². The van der Waals surface area contributed by atoms with E-state index < -0.39 is 0 Å². The van der Waals surface area contributed by atoms with Gasteiger partial charge in [0.05, 0.1) is 6.54 Å². The largest absolute Gasteiger partial charge is 0.345 e. The van der Waals surface area contributed by atoms with E-state index >= 15 is 0 Å². The summed E-state index contributed by atoms with van der Waals surface area (Å²) in [5, 5.41) is 0.766. The quantitative estimate of drug-likeness (QED) is 0.391. The molecule has 1 aliphatic carbocycles. The lowest BCUT2D eigenvalue weighted by atomic mass is 9.93. The number of amides is 1. The first-order valence-electron chi connectivity index (χ1n) is 11.4. The van der Waals surface area contributed by atoms with Gasteiger partial charge in [0.2, 0.25) is 5.91 Å². The topological polar surface area (TPSA) is 25.2 Å². The number of halogens is 1. The summed E-state index contributed by atoms with van der Waals surface area (Å²) in [7, 11) is 0. The van der Waals surface area contributed by atoms with Gasteiger partial charge < -0.3 is 9.47 Å². The van der Waals surface area contributed by atoms with Gasteiger partial charge in [-0.1, -0.05) is 69.2 Å². The highest BCUT2D eigenvalue weighted by molar-refractivity contribution is 6.30. The van der Waals surface area contributed by atoms with Gasteiger partial charge in [0.15, 0.2) is 0 Å². The van der Waals surface area contributed by atoms with Crippen molar-refractivity contribution < 1.29 is 4.79 Å². The molecule has 0 radical (unpaired) electrons. The van der Waals surface area contributed by atoms with Crippen molar-refractivity contribution in [2.75, 3.05) is 0 Å². The normalized spacial score (nSPS) is 14.8. The van der Waals surface area contributed by atoms with Crippen molar-refractivity contribution in [3.63, 3.8) is 0 Å². The van der Waals surface area contributed by atoms with E-state index in [2.05, 4.69) is 40.8 Å². The summed E-state index contributed by atoms with van der Waals surface area (Å²) in [6, 6.07) is 12.7. The maximum absolute atomic E-state index is 13.1. The van der Waals surface area contributed by atoms with E-state index in [4.69, 9.17) is 11.6 Å². The lowest BCUT2D eigenvalue weighted by molar-refractivity contribution is -0.135. The molecule has 1 aromatic carbocycles. The number of hydrogen-bond acceptors (Lipinski definition) is 1. The van der Waals surface area contributed by atoms with Gasteiger partial charge >= 0.3 is 0 Å². The van der Waals surface area contributed by atoms with Gasteiger partial charge in [-0.3, -0.25) is 4.79 Å². The Labute approximate surface area is 181 Å². The second-order valence-electron chi connectivity index (χ2n) is 8.38. The summed E-state index contributed by atoms with van der Waals surface area (Å²) in [4.78, 5) is 15.3. The highest BCUT2D eigenvalue weighted by atomic mass is 35.5. The molecular formula is C25H35ClN2O. The molecule has 2 aromatic rings. The van der Waals surface area contributed by atoms with Crippen LogP contribution in [0.3, 0.4) is 0 Å². The van der Waals surface area contributed by atoms with Gasteiger partial charge in [0, 0.05) is 35.9 Å². The molecule has 29 heavy (non-hydrogen) atoms.